The lowest BCUT2D eigenvalue weighted by Crippen LogP contribution is -2.26. The van der Waals surface area contributed by atoms with Gasteiger partial charge in [0.25, 0.3) is 0 Å². The molecule has 0 atom stereocenters. The number of nitrogens with zero attached hydrogens (tertiary/aromatic N) is 1. The average Bonchev–Trinajstić information content (AvgIpc) is 2.46. The minimum atomic E-state index is -0.959. The van der Waals surface area contributed by atoms with Crippen molar-refractivity contribution in [2.45, 2.75) is 6.42 Å². The largest absolute Gasteiger partial charge is 0.492 e. The zero-order valence-corrected chi connectivity index (χ0v) is 12.6. The van der Waals surface area contributed by atoms with Gasteiger partial charge in [-0.25, -0.2) is 4.79 Å². The van der Waals surface area contributed by atoms with Gasteiger partial charge in [-0.05, 0) is 37.2 Å². The van der Waals surface area contributed by atoms with Crippen LogP contribution in [0, 0.1) is 0 Å². The molecule has 1 N–H and O–H groups in total. The normalized spacial score (nSPS) is 11.2. The van der Waals surface area contributed by atoms with Gasteiger partial charge in [-0.15, -0.1) is 0 Å². The van der Waals surface area contributed by atoms with E-state index in [-0.39, 0.29) is 0 Å². The van der Waals surface area contributed by atoms with Crippen LogP contribution in [0.4, 0.5) is 0 Å². The topological polar surface area (TPSA) is 59.0 Å². The second-order valence-corrected chi connectivity index (χ2v) is 4.74. The van der Waals surface area contributed by atoms with E-state index in [2.05, 4.69) is 4.90 Å². The number of carboxylic acid groups (broad SMARTS) is 1. The zero-order valence-electron chi connectivity index (χ0n) is 12.6. The Balaban J connectivity index is 2.35. The van der Waals surface area contributed by atoms with Gasteiger partial charge >= 0.3 is 5.97 Å². The van der Waals surface area contributed by atoms with Crippen LogP contribution in [0.5, 0.6) is 5.75 Å². The summed E-state index contributed by atoms with van der Waals surface area (Å²) in [6.07, 6.45) is 3.66. The lowest BCUT2D eigenvalue weighted by atomic mass is 10.2. The van der Waals surface area contributed by atoms with E-state index in [1.807, 2.05) is 31.3 Å². The molecule has 1 aromatic carbocycles. The van der Waals surface area contributed by atoms with Crippen molar-refractivity contribution in [1.82, 2.24) is 4.90 Å². The molecule has 1 rings (SSSR count). The predicted octanol–water partition coefficient (Wildman–Crippen LogP) is 2.13. The second kappa shape index (κ2) is 9.96. The van der Waals surface area contributed by atoms with Gasteiger partial charge in [0.05, 0.1) is 0 Å². The molecule has 0 heterocycles. The Bertz CT molecular complexity index is 459. The maximum atomic E-state index is 10.5. The van der Waals surface area contributed by atoms with Gasteiger partial charge in [-0.2, -0.15) is 0 Å². The lowest BCUT2D eigenvalue weighted by molar-refractivity contribution is -0.131. The highest BCUT2D eigenvalue weighted by Crippen LogP contribution is 2.14. The Labute approximate surface area is 125 Å². The smallest absolute Gasteiger partial charge is 0.328 e. The van der Waals surface area contributed by atoms with Crippen LogP contribution in [0.1, 0.15) is 12.0 Å². The number of rotatable bonds is 10. The minimum absolute atomic E-state index is 0.593. The van der Waals surface area contributed by atoms with Crippen LogP contribution in [0.15, 0.2) is 30.3 Å². The van der Waals surface area contributed by atoms with E-state index in [4.69, 9.17) is 14.6 Å². The molecule has 0 amide bonds. The average molecular weight is 293 g/mol. The number of benzene rings is 1. The van der Waals surface area contributed by atoms with Crippen molar-refractivity contribution in [2.75, 3.05) is 40.5 Å². The van der Waals surface area contributed by atoms with Crippen molar-refractivity contribution in [1.29, 1.82) is 0 Å². The van der Waals surface area contributed by atoms with Crippen LogP contribution in [0.2, 0.25) is 0 Å². The number of methoxy groups -OCH3 is 1. The van der Waals surface area contributed by atoms with E-state index in [9.17, 15) is 4.79 Å². The molecule has 0 aromatic heterocycles. The Morgan fingerprint density at radius 2 is 2.14 bits per heavy atom. The van der Waals surface area contributed by atoms with Gasteiger partial charge in [0.1, 0.15) is 12.4 Å². The fourth-order valence-electron chi connectivity index (χ4n) is 1.79. The van der Waals surface area contributed by atoms with Gasteiger partial charge < -0.3 is 19.5 Å². The number of hydrogen-bond acceptors (Lipinski definition) is 4. The van der Waals surface area contributed by atoms with E-state index in [0.29, 0.717) is 6.61 Å². The summed E-state index contributed by atoms with van der Waals surface area (Å²) in [5.41, 5.74) is 0.809. The summed E-state index contributed by atoms with van der Waals surface area (Å²) >= 11 is 0. The minimum Gasteiger partial charge on any atom is -0.492 e. The number of aliphatic carboxylic acids is 1. The highest BCUT2D eigenvalue weighted by atomic mass is 16.5. The molecule has 0 spiro atoms. The molecule has 116 valence electrons. The SMILES string of the molecule is COCCCN(C)CCOc1cccc(C=CC(=O)O)c1. The third-order valence-electron chi connectivity index (χ3n) is 2.91. The molecule has 5 nitrogen and oxygen atoms in total. The fourth-order valence-corrected chi connectivity index (χ4v) is 1.79. The van der Waals surface area contributed by atoms with Crippen molar-refractivity contribution >= 4 is 12.0 Å². The van der Waals surface area contributed by atoms with Crippen molar-refractivity contribution in [3.8, 4) is 5.75 Å². The first-order chi connectivity index (χ1) is 10.1. The lowest BCUT2D eigenvalue weighted by Gasteiger charge is -2.16. The summed E-state index contributed by atoms with van der Waals surface area (Å²) in [4.78, 5) is 12.7. The molecule has 0 saturated carbocycles. The summed E-state index contributed by atoms with van der Waals surface area (Å²) in [6.45, 7) is 3.16. The second-order valence-electron chi connectivity index (χ2n) is 4.74. The molecule has 0 aliphatic heterocycles. The van der Waals surface area contributed by atoms with E-state index in [1.165, 1.54) is 0 Å². The number of carbonyl (C=O) groups is 1. The van der Waals surface area contributed by atoms with Gasteiger partial charge in [0, 0.05) is 32.9 Å². The Morgan fingerprint density at radius 3 is 2.86 bits per heavy atom. The summed E-state index contributed by atoms with van der Waals surface area (Å²) in [6, 6.07) is 7.37. The van der Waals surface area contributed by atoms with E-state index >= 15 is 0 Å². The molecular weight excluding hydrogens is 270 g/mol. The molecule has 1 aromatic rings. The number of likely N-dealkylation sites (N-methyl/N-ethyl adjacent to an activating group) is 1. The predicted molar refractivity (Wildman–Crippen MR) is 82.6 cm³/mol. The van der Waals surface area contributed by atoms with Gasteiger partial charge in [0.2, 0.25) is 0 Å². The van der Waals surface area contributed by atoms with Crippen LogP contribution in [-0.4, -0.2) is 56.4 Å². The molecule has 0 aliphatic carbocycles. The standard InChI is InChI=1S/C16H23NO4/c1-17(9-4-11-20-2)10-12-21-15-6-3-5-14(13-15)7-8-16(18)19/h3,5-8,13H,4,9-12H2,1-2H3,(H,18,19). The molecule has 0 unspecified atom stereocenters. The summed E-state index contributed by atoms with van der Waals surface area (Å²) < 4.78 is 10.7. The molecular formula is C16H23NO4. The third kappa shape index (κ3) is 8.12. The summed E-state index contributed by atoms with van der Waals surface area (Å²) in [7, 11) is 3.75. The summed E-state index contributed by atoms with van der Waals surface area (Å²) in [5, 5.41) is 8.60. The zero-order chi connectivity index (χ0) is 15.5. The van der Waals surface area contributed by atoms with E-state index < -0.39 is 5.97 Å². The van der Waals surface area contributed by atoms with Crippen molar-refractivity contribution in [3.05, 3.63) is 35.9 Å². The van der Waals surface area contributed by atoms with E-state index in [0.717, 1.165) is 43.5 Å². The van der Waals surface area contributed by atoms with E-state index in [1.54, 1.807) is 13.2 Å². The molecule has 0 bridgehead atoms. The maximum absolute atomic E-state index is 10.5. The van der Waals surface area contributed by atoms with Crippen LogP contribution in [0.25, 0.3) is 6.08 Å². The first-order valence-corrected chi connectivity index (χ1v) is 6.93. The Hall–Kier alpha value is -1.85. The molecule has 5 heteroatoms. The maximum Gasteiger partial charge on any atom is 0.328 e. The van der Waals surface area contributed by atoms with Crippen molar-refractivity contribution in [2.24, 2.45) is 0 Å². The van der Waals surface area contributed by atoms with Gasteiger partial charge in [-0.1, -0.05) is 12.1 Å². The first-order valence-electron chi connectivity index (χ1n) is 6.93. The number of ether oxygens (including phenoxy) is 2. The van der Waals surface area contributed by atoms with Crippen LogP contribution in [0.3, 0.4) is 0 Å². The van der Waals surface area contributed by atoms with Gasteiger partial charge in [0.15, 0.2) is 0 Å². The van der Waals surface area contributed by atoms with Crippen LogP contribution >= 0.6 is 0 Å². The molecule has 21 heavy (non-hydrogen) atoms. The molecule has 0 radical (unpaired) electrons. The highest BCUT2D eigenvalue weighted by molar-refractivity contribution is 5.85. The Morgan fingerprint density at radius 1 is 1.33 bits per heavy atom. The van der Waals surface area contributed by atoms with Crippen LogP contribution < -0.4 is 4.74 Å². The third-order valence-corrected chi connectivity index (χ3v) is 2.91. The fraction of sp³-hybridized carbons (Fsp3) is 0.438. The molecule has 0 fully saturated rings. The first kappa shape index (κ1) is 17.2. The number of carboxylic acids is 1. The highest BCUT2D eigenvalue weighted by Gasteiger charge is 2.00. The summed E-state index contributed by atoms with van der Waals surface area (Å²) in [5.74, 6) is -0.216. The van der Waals surface area contributed by atoms with Crippen LogP contribution in [-0.2, 0) is 9.53 Å². The monoisotopic (exact) mass is 293 g/mol. The molecule has 0 aliphatic rings. The van der Waals surface area contributed by atoms with Crippen molar-refractivity contribution < 1.29 is 19.4 Å². The Kier molecular flexibility index (Phi) is 8.16. The number of hydrogen-bond donors (Lipinski definition) is 1. The molecule has 0 saturated heterocycles. The van der Waals surface area contributed by atoms with Crippen molar-refractivity contribution in [3.63, 3.8) is 0 Å². The quantitative estimate of drug-likeness (QED) is 0.529. The van der Waals surface area contributed by atoms with Gasteiger partial charge in [-0.3, -0.25) is 0 Å².